The van der Waals surface area contributed by atoms with Crippen LogP contribution >= 0.6 is 0 Å². The Morgan fingerprint density at radius 1 is 1.08 bits per heavy atom. The van der Waals surface area contributed by atoms with Crippen molar-refractivity contribution in [3.8, 4) is 0 Å². The third-order valence-corrected chi connectivity index (χ3v) is 3.48. The van der Waals surface area contributed by atoms with E-state index in [0.29, 0.717) is 23.7 Å². The average Bonchev–Trinajstić information content (AvgIpc) is 1.97. The Hall–Kier alpha value is -0.0400. The van der Waals surface area contributed by atoms with Crippen LogP contribution < -0.4 is 0 Å². The summed E-state index contributed by atoms with van der Waals surface area (Å²) in [7, 11) is 0. The number of aliphatic hydroxyl groups is 1. The summed E-state index contributed by atoms with van der Waals surface area (Å²) in [5.74, 6) is 2.36. The Balaban J connectivity index is 2.65. The molecular weight excluding hydrogens is 148 g/mol. The van der Waals surface area contributed by atoms with E-state index < -0.39 is 0 Å². The molecule has 0 heterocycles. The first-order valence-electron chi connectivity index (χ1n) is 5.22. The van der Waals surface area contributed by atoms with Crippen molar-refractivity contribution in [1.82, 2.24) is 0 Å². The van der Waals surface area contributed by atoms with Gasteiger partial charge in [-0.25, -0.2) is 0 Å². The lowest BCUT2D eigenvalue weighted by Crippen LogP contribution is -2.39. The first-order chi connectivity index (χ1) is 5.54. The van der Waals surface area contributed by atoms with Crippen molar-refractivity contribution in [3.63, 3.8) is 0 Å². The zero-order valence-electron chi connectivity index (χ0n) is 8.75. The summed E-state index contributed by atoms with van der Waals surface area (Å²) in [5, 5.41) is 9.98. The standard InChI is InChI=1S/C11H22O/c1-7(2)10-8(3)5-6-9(4)11(10)12/h7-12H,5-6H2,1-4H3. The zero-order valence-corrected chi connectivity index (χ0v) is 8.75. The van der Waals surface area contributed by atoms with Gasteiger partial charge in [0.1, 0.15) is 0 Å². The predicted molar refractivity (Wildman–Crippen MR) is 51.9 cm³/mol. The molecule has 1 aliphatic carbocycles. The molecule has 1 saturated carbocycles. The molecule has 1 rings (SSSR count). The van der Waals surface area contributed by atoms with Crippen LogP contribution in [-0.4, -0.2) is 11.2 Å². The van der Waals surface area contributed by atoms with E-state index in [4.69, 9.17) is 0 Å². The van der Waals surface area contributed by atoms with Crippen LogP contribution in [0, 0.1) is 23.7 Å². The van der Waals surface area contributed by atoms with Crippen molar-refractivity contribution >= 4 is 0 Å². The minimum absolute atomic E-state index is 0.0613. The highest BCUT2D eigenvalue weighted by Crippen LogP contribution is 2.37. The molecule has 1 fully saturated rings. The molecule has 4 atom stereocenters. The maximum absolute atomic E-state index is 9.98. The van der Waals surface area contributed by atoms with E-state index in [-0.39, 0.29) is 6.10 Å². The van der Waals surface area contributed by atoms with Crippen LogP contribution in [-0.2, 0) is 0 Å². The molecule has 0 aromatic rings. The van der Waals surface area contributed by atoms with Crippen LogP contribution in [0.15, 0.2) is 0 Å². The number of hydrogen-bond acceptors (Lipinski definition) is 1. The first kappa shape index (κ1) is 10.0. The van der Waals surface area contributed by atoms with E-state index in [1.165, 1.54) is 12.8 Å². The summed E-state index contributed by atoms with van der Waals surface area (Å²) < 4.78 is 0. The molecule has 0 aromatic carbocycles. The fourth-order valence-electron chi connectivity index (χ4n) is 2.66. The van der Waals surface area contributed by atoms with Crippen molar-refractivity contribution in [2.24, 2.45) is 23.7 Å². The van der Waals surface area contributed by atoms with E-state index in [1.54, 1.807) is 0 Å². The summed E-state index contributed by atoms with van der Waals surface area (Å²) in [6.07, 6.45) is 2.43. The van der Waals surface area contributed by atoms with Gasteiger partial charge in [0.05, 0.1) is 6.10 Å². The van der Waals surface area contributed by atoms with Gasteiger partial charge in [-0.05, 0) is 36.5 Å². The topological polar surface area (TPSA) is 20.2 Å². The molecule has 1 heteroatoms. The minimum atomic E-state index is -0.0613. The number of rotatable bonds is 1. The van der Waals surface area contributed by atoms with Gasteiger partial charge in [-0.3, -0.25) is 0 Å². The van der Waals surface area contributed by atoms with E-state index in [1.807, 2.05) is 0 Å². The lowest BCUT2D eigenvalue weighted by molar-refractivity contribution is -0.0242. The molecule has 72 valence electrons. The summed E-state index contributed by atoms with van der Waals surface area (Å²) in [6.45, 7) is 8.90. The van der Waals surface area contributed by atoms with Crippen LogP contribution in [0.5, 0.6) is 0 Å². The highest BCUT2D eigenvalue weighted by Gasteiger charge is 2.35. The van der Waals surface area contributed by atoms with E-state index in [0.717, 1.165) is 0 Å². The monoisotopic (exact) mass is 170 g/mol. The summed E-state index contributed by atoms with van der Waals surface area (Å²) in [5.41, 5.74) is 0. The summed E-state index contributed by atoms with van der Waals surface area (Å²) in [4.78, 5) is 0. The summed E-state index contributed by atoms with van der Waals surface area (Å²) in [6, 6.07) is 0. The van der Waals surface area contributed by atoms with Gasteiger partial charge in [0.15, 0.2) is 0 Å². The predicted octanol–water partition coefficient (Wildman–Crippen LogP) is 2.69. The van der Waals surface area contributed by atoms with E-state index in [9.17, 15) is 5.11 Å². The van der Waals surface area contributed by atoms with Gasteiger partial charge in [-0.15, -0.1) is 0 Å². The normalized spacial score (nSPS) is 43.5. The number of hydrogen-bond donors (Lipinski definition) is 1. The fraction of sp³-hybridized carbons (Fsp3) is 1.00. The smallest absolute Gasteiger partial charge is 0.0598 e. The molecule has 1 N–H and O–H groups in total. The molecule has 1 aliphatic rings. The van der Waals surface area contributed by atoms with Crippen molar-refractivity contribution in [1.29, 1.82) is 0 Å². The minimum Gasteiger partial charge on any atom is -0.393 e. The first-order valence-corrected chi connectivity index (χ1v) is 5.22. The van der Waals surface area contributed by atoms with Gasteiger partial charge >= 0.3 is 0 Å². The molecule has 0 aromatic heterocycles. The van der Waals surface area contributed by atoms with Gasteiger partial charge in [-0.2, -0.15) is 0 Å². The molecule has 0 radical (unpaired) electrons. The van der Waals surface area contributed by atoms with Gasteiger partial charge in [0.25, 0.3) is 0 Å². The highest BCUT2D eigenvalue weighted by atomic mass is 16.3. The van der Waals surface area contributed by atoms with Crippen molar-refractivity contribution in [2.45, 2.75) is 46.6 Å². The van der Waals surface area contributed by atoms with Gasteiger partial charge in [-0.1, -0.05) is 27.7 Å². The quantitative estimate of drug-likeness (QED) is 0.641. The van der Waals surface area contributed by atoms with E-state index in [2.05, 4.69) is 27.7 Å². The molecule has 0 amide bonds. The SMILES string of the molecule is CC(C)C1C(C)CCC(C)C1O. The molecule has 0 saturated heterocycles. The second kappa shape index (κ2) is 3.78. The van der Waals surface area contributed by atoms with Crippen LogP contribution in [0.4, 0.5) is 0 Å². The van der Waals surface area contributed by atoms with Gasteiger partial charge < -0.3 is 5.11 Å². The fourth-order valence-corrected chi connectivity index (χ4v) is 2.66. The second-order valence-electron chi connectivity index (χ2n) is 4.84. The third kappa shape index (κ3) is 1.82. The lowest BCUT2D eigenvalue weighted by Gasteiger charge is -2.40. The van der Waals surface area contributed by atoms with Crippen LogP contribution in [0.3, 0.4) is 0 Å². The van der Waals surface area contributed by atoms with Crippen molar-refractivity contribution in [3.05, 3.63) is 0 Å². The molecule has 0 spiro atoms. The Bertz CT molecular complexity index is 142. The molecule has 0 bridgehead atoms. The molecule has 4 unspecified atom stereocenters. The number of aliphatic hydroxyl groups excluding tert-OH is 1. The Morgan fingerprint density at radius 2 is 1.58 bits per heavy atom. The Kier molecular flexibility index (Phi) is 3.16. The van der Waals surface area contributed by atoms with E-state index >= 15 is 0 Å². The van der Waals surface area contributed by atoms with Crippen molar-refractivity contribution < 1.29 is 5.11 Å². The van der Waals surface area contributed by atoms with Crippen molar-refractivity contribution in [2.75, 3.05) is 0 Å². The lowest BCUT2D eigenvalue weighted by atomic mass is 9.69. The molecule has 0 aliphatic heterocycles. The van der Waals surface area contributed by atoms with Crippen LogP contribution in [0.25, 0.3) is 0 Å². The van der Waals surface area contributed by atoms with Gasteiger partial charge in [0.2, 0.25) is 0 Å². The largest absolute Gasteiger partial charge is 0.393 e. The van der Waals surface area contributed by atoms with Gasteiger partial charge in [0, 0.05) is 0 Å². The Morgan fingerprint density at radius 3 is 2.00 bits per heavy atom. The van der Waals surface area contributed by atoms with Crippen LogP contribution in [0.1, 0.15) is 40.5 Å². The Labute approximate surface area is 76.2 Å². The third-order valence-electron chi connectivity index (χ3n) is 3.48. The highest BCUT2D eigenvalue weighted by molar-refractivity contribution is 4.85. The molecule has 1 nitrogen and oxygen atoms in total. The maximum Gasteiger partial charge on any atom is 0.0598 e. The maximum atomic E-state index is 9.98. The molecule has 12 heavy (non-hydrogen) atoms. The molecular formula is C11H22O. The second-order valence-corrected chi connectivity index (χ2v) is 4.84. The zero-order chi connectivity index (χ0) is 9.30. The van der Waals surface area contributed by atoms with Crippen LogP contribution in [0.2, 0.25) is 0 Å². The average molecular weight is 170 g/mol. The summed E-state index contributed by atoms with van der Waals surface area (Å²) >= 11 is 0.